The molecule has 29 heavy (non-hydrogen) atoms. The Morgan fingerprint density at radius 2 is 1.72 bits per heavy atom. The number of nitrogens with zero attached hydrogens (tertiary/aromatic N) is 1. The number of halogens is 2. The van der Waals surface area contributed by atoms with Gasteiger partial charge in [0, 0.05) is 13.1 Å². The molecule has 2 rings (SSSR count). The highest BCUT2D eigenvalue weighted by atomic mass is 35.5. The van der Waals surface area contributed by atoms with Gasteiger partial charge in [0.2, 0.25) is 11.8 Å². The summed E-state index contributed by atoms with van der Waals surface area (Å²) in [5, 5.41) is 3.79. The summed E-state index contributed by atoms with van der Waals surface area (Å²) < 4.78 is 0. The van der Waals surface area contributed by atoms with Crippen molar-refractivity contribution in [3.8, 4) is 0 Å². The van der Waals surface area contributed by atoms with Crippen LogP contribution < -0.4 is 5.32 Å². The van der Waals surface area contributed by atoms with E-state index in [2.05, 4.69) is 5.32 Å². The van der Waals surface area contributed by atoms with Crippen LogP contribution in [-0.2, 0) is 22.6 Å². The quantitative estimate of drug-likeness (QED) is 0.632. The fourth-order valence-corrected chi connectivity index (χ4v) is 3.29. The van der Waals surface area contributed by atoms with E-state index in [1.54, 1.807) is 24.0 Å². The number of aryl methyl sites for hydroxylation is 1. The number of amides is 2. The zero-order valence-corrected chi connectivity index (χ0v) is 18.8. The number of nitrogens with one attached hydrogen (secondary N) is 1. The summed E-state index contributed by atoms with van der Waals surface area (Å²) >= 11 is 12.1. The van der Waals surface area contributed by atoms with Gasteiger partial charge in [-0.1, -0.05) is 72.9 Å². The molecule has 2 aromatic carbocycles. The van der Waals surface area contributed by atoms with E-state index in [1.807, 2.05) is 51.1 Å². The van der Waals surface area contributed by atoms with Crippen LogP contribution in [0.1, 0.15) is 37.5 Å². The number of hydrogen-bond donors (Lipinski definition) is 1. The van der Waals surface area contributed by atoms with Crippen LogP contribution in [0.15, 0.2) is 42.5 Å². The monoisotopic (exact) mass is 434 g/mol. The van der Waals surface area contributed by atoms with Crippen LogP contribution in [0, 0.1) is 12.8 Å². The second-order valence-electron chi connectivity index (χ2n) is 7.75. The van der Waals surface area contributed by atoms with E-state index in [0.717, 1.165) is 16.7 Å². The van der Waals surface area contributed by atoms with Crippen molar-refractivity contribution < 1.29 is 9.59 Å². The first kappa shape index (κ1) is 23.2. The highest BCUT2D eigenvalue weighted by Crippen LogP contribution is 2.24. The summed E-state index contributed by atoms with van der Waals surface area (Å²) in [4.78, 5) is 27.4. The molecule has 2 amide bonds. The van der Waals surface area contributed by atoms with Gasteiger partial charge in [-0.05, 0) is 43.0 Å². The largest absolute Gasteiger partial charge is 0.354 e. The molecule has 0 fully saturated rings. The maximum Gasteiger partial charge on any atom is 0.242 e. The summed E-state index contributed by atoms with van der Waals surface area (Å²) in [6, 6.07) is 12.5. The molecule has 0 saturated heterocycles. The average Bonchev–Trinajstić information content (AvgIpc) is 2.66. The van der Waals surface area contributed by atoms with Gasteiger partial charge in [-0.25, -0.2) is 0 Å². The standard InChI is InChI=1S/C23H28Cl2N2O2/c1-15(2)13-26-23(29)17(4)27(14-19-8-9-20(24)21(25)11-19)22(28)12-18-7-5-6-16(3)10-18/h5-11,15,17H,12-14H2,1-4H3,(H,26,29). The predicted molar refractivity (Wildman–Crippen MR) is 119 cm³/mol. The molecule has 156 valence electrons. The van der Waals surface area contributed by atoms with Crippen LogP contribution in [0.2, 0.25) is 10.0 Å². The van der Waals surface area contributed by atoms with E-state index in [-0.39, 0.29) is 24.8 Å². The average molecular weight is 435 g/mol. The van der Waals surface area contributed by atoms with Crippen molar-refractivity contribution in [1.29, 1.82) is 0 Å². The van der Waals surface area contributed by atoms with Crippen molar-refractivity contribution in [3.63, 3.8) is 0 Å². The summed E-state index contributed by atoms with van der Waals surface area (Å²) in [5.74, 6) is 0.0443. The van der Waals surface area contributed by atoms with Gasteiger partial charge in [0.05, 0.1) is 16.5 Å². The fourth-order valence-electron chi connectivity index (χ4n) is 2.97. The molecule has 0 aliphatic heterocycles. The minimum absolute atomic E-state index is 0.117. The normalized spacial score (nSPS) is 12.0. The molecule has 0 radical (unpaired) electrons. The topological polar surface area (TPSA) is 49.4 Å². The van der Waals surface area contributed by atoms with Crippen LogP contribution in [0.25, 0.3) is 0 Å². The molecule has 0 aliphatic rings. The summed E-state index contributed by atoms with van der Waals surface area (Å²) in [6.07, 6.45) is 0.227. The number of hydrogen-bond acceptors (Lipinski definition) is 2. The molecule has 6 heteroatoms. The highest BCUT2D eigenvalue weighted by Gasteiger charge is 2.26. The van der Waals surface area contributed by atoms with Gasteiger partial charge in [0.15, 0.2) is 0 Å². The van der Waals surface area contributed by atoms with Gasteiger partial charge in [0.1, 0.15) is 6.04 Å². The predicted octanol–water partition coefficient (Wildman–Crippen LogP) is 5.03. The molecule has 4 nitrogen and oxygen atoms in total. The molecule has 0 bridgehead atoms. The first-order valence-corrected chi connectivity index (χ1v) is 10.5. The van der Waals surface area contributed by atoms with Gasteiger partial charge in [0.25, 0.3) is 0 Å². The van der Waals surface area contributed by atoms with Crippen molar-refractivity contribution in [3.05, 3.63) is 69.2 Å². The van der Waals surface area contributed by atoms with Crippen molar-refractivity contribution in [2.45, 2.75) is 46.7 Å². The maximum atomic E-state index is 13.2. The van der Waals surface area contributed by atoms with E-state index in [4.69, 9.17) is 23.2 Å². The molecule has 0 aliphatic carbocycles. The Bertz CT molecular complexity index is 868. The zero-order chi connectivity index (χ0) is 21.6. The molecule has 0 spiro atoms. The van der Waals surface area contributed by atoms with Crippen molar-refractivity contribution in [2.24, 2.45) is 5.92 Å². The third-order valence-corrected chi connectivity index (χ3v) is 5.37. The molecule has 1 unspecified atom stereocenters. The molecule has 1 N–H and O–H groups in total. The maximum absolute atomic E-state index is 13.2. The first-order chi connectivity index (χ1) is 13.7. The molecular weight excluding hydrogens is 407 g/mol. The molecule has 1 atom stereocenters. The lowest BCUT2D eigenvalue weighted by Gasteiger charge is -2.29. The second kappa shape index (κ2) is 10.7. The van der Waals surface area contributed by atoms with Crippen molar-refractivity contribution >= 4 is 35.0 Å². The SMILES string of the molecule is Cc1cccc(CC(=O)N(Cc2ccc(Cl)c(Cl)c2)C(C)C(=O)NCC(C)C)c1. The van der Waals surface area contributed by atoms with E-state index in [9.17, 15) is 9.59 Å². The third-order valence-electron chi connectivity index (χ3n) is 4.63. The lowest BCUT2D eigenvalue weighted by molar-refractivity contribution is -0.140. The van der Waals surface area contributed by atoms with Gasteiger partial charge in [-0.3, -0.25) is 9.59 Å². The number of rotatable bonds is 8. The highest BCUT2D eigenvalue weighted by molar-refractivity contribution is 6.42. The zero-order valence-electron chi connectivity index (χ0n) is 17.3. The van der Waals surface area contributed by atoms with Gasteiger partial charge in [-0.15, -0.1) is 0 Å². The Kier molecular flexibility index (Phi) is 8.54. The van der Waals surface area contributed by atoms with E-state index in [0.29, 0.717) is 22.5 Å². The minimum atomic E-state index is -0.611. The smallest absolute Gasteiger partial charge is 0.242 e. The Morgan fingerprint density at radius 1 is 1.00 bits per heavy atom. The Morgan fingerprint density at radius 3 is 2.34 bits per heavy atom. The van der Waals surface area contributed by atoms with E-state index < -0.39 is 6.04 Å². The van der Waals surface area contributed by atoms with Gasteiger partial charge >= 0.3 is 0 Å². The molecule has 0 saturated carbocycles. The van der Waals surface area contributed by atoms with Crippen molar-refractivity contribution in [2.75, 3.05) is 6.54 Å². The minimum Gasteiger partial charge on any atom is -0.354 e. The number of carbonyl (C=O) groups is 2. The third kappa shape index (κ3) is 7.06. The van der Waals surface area contributed by atoms with Crippen LogP contribution >= 0.6 is 23.2 Å². The summed E-state index contributed by atoms with van der Waals surface area (Å²) in [6.45, 7) is 8.64. The Balaban J connectivity index is 2.24. The van der Waals surface area contributed by atoms with Crippen LogP contribution in [0.5, 0.6) is 0 Å². The number of carbonyl (C=O) groups excluding carboxylic acids is 2. The second-order valence-corrected chi connectivity index (χ2v) is 8.57. The van der Waals surface area contributed by atoms with Gasteiger partial charge in [-0.2, -0.15) is 0 Å². The molecular formula is C23H28Cl2N2O2. The van der Waals surface area contributed by atoms with E-state index >= 15 is 0 Å². The number of benzene rings is 2. The van der Waals surface area contributed by atoms with Crippen LogP contribution in [0.4, 0.5) is 0 Å². The van der Waals surface area contributed by atoms with Crippen LogP contribution in [-0.4, -0.2) is 29.3 Å². The first-order valence-electron chi connectivity index (χ1n) is 9.74. The molecule has 2 aromatic rings. The van der Waals surface area contributed by atoms with Crippen molar-refractivity contribution in [1.82, 2.24) is 10.2 Å². The Labute approximate surface area is 183 Å². The van der Waals surface area contributed by atoms with E-state index in [1.165, 1.54) is 0 Å². The van der Waals surface area contributed by atoms with Gasteiger partial charge < -0.3 is 10.2 Å². The Hall–Kier alpha value is -2.04. The lowest BCUT2D eigenvalue weighted by atomic mass is 10.1. The fraction of sp³-hybridized carbons (Fsp3) is 0.391. The van der Waals surface area contributed by atoms with Crippen LogP contribution in [0.3, 0.4) is 0 Å². The lowest BCUT2D eigenvalue weighted by Crippen LogP contribution is -2.48. The molecule has 0 aromatic heterocycles. The molecule has 0 heterocycles. The summed E-state index contributed by atoms with van der Waals surface area (Å²) in [7, 11) is 0. The summed E-state index contributed by atoms with van der Waals surface area (Å²) in [5.41, 5.74) is 2.83.